The third-order valence-corrected chi connectivity index (χ3v) is 4.55. The van der Waals surface area contributed by atoms with Gasteiger partial charge in [0.25, 0.3) is 0 Å². The number of carbonyl (C=O) groups excluding carboxylic acids is 1. The Hall–Kier alpha value is -1.79. The van der Waals surface area contributed by atoms with Gasteiger partial charge >= 0.3 is 6.09 Å². The van der Waals surface area contributed by atoms with Crippen LogP contribution in [-0.4, -0.2) is 54.0 Å². The van der Waals surface area contributed by atoms with Crippen molar-refractivity contribution in [3.63, 3.8) is 0 Å². The summed E-state index contributed by atoms with van der Waals surface area (Å²) in [5, 5.41) is 3.56. The summed E-state index contributed by atoms with van der Waals surface area (Å²) in [5.41, 5.74) is 3.00. The summed E-state index contributed by atoms with van der Waals surface area (Å²) in [7, 11) is 0. The first-order chi connectivity index (χ1) is 11.8. The van der Waals surface area contributed by atoms with Gasteiger partial charge in [-0.3, -0.25) is 9.80 Å². The predicted octanol–water partition coefficient (Wildman–Crippen LogP) is 3.03. The number of ether oxygens (including phenoxy) is 2. The lowest BCUT2D eigenvalue weighted by Crippen LogP contribution is -2.45. The molecule has 6 heteroatoms. The number of rotatable bonds is 3. The summed E-state index contributed by atoms with van der Waals surface area (Å²) in [5.74, 6) is 0. The Labute approximate surface area is 150 Å². The molecule has 0 radical (unpaired) electrons. The topological polar surface area (TPSA) is 54.0 Å². The number of hydrogen-bond acceptors (Lipinski definition) is 5. The molecule has 1 fully saturated rings. The van der Waals surface area contributed by atoms with Gasteiger partial charge in [-0.15, -0.1) is 0 Å². The van der Waals surface area contributed by atoms with Crippen molar-refractivity contribution >= 4 is 11.8 Å². The van der Waals surface area contributed by atoms with Crippen LogP contribution in [0.4, 0.5) is 10.5 Å². The van der Waals surface area contributed by atoms with Gasteiger partial charge in [0.2, 0.25) is 0 Å². The van der Waals surface area contributed by atoms with E-state index in [2.05, 4.69) is 35.3 Å². The maximum Gasteiger partial charge on any atom is 0.410 e. The van der Waals surface area contributed by atoms with Crippen LogP contribution < -0.4 is 5.32 Å². The van der Waals surface area contributed by atoms with E-state index in [1.54, 1.807) is 4.90 Å². The molecule has 6 nitrogen and oxygen atoms in total. The Balaban J connectivity index is 1.61. The molecule has 0 aromatic heterocycles. The zero-order valence-corrected chi connectivity index (χ0v) is 15.7. The van der Waals surface area contributed by atoms with Gasteiger partial charge in [0.05, 0.1) is 19.4 Å². The SMILES string of the molecule is CC(Nc1ccc2c(c1)CN(C(=O)OC(C)(C)C)C2)N1CCOCC1. The van der Waals surface area contributed by atoms with E-state index < -0.39 is 5.60 Å². The average Bonchev–Trinajstić information content (AvgIpc) is 2.97. The second kappa shape index (κ2) is 7.22. The highest BCUT2D eigenvalue weighted by Crippen LogP contribution is 2.27. The number of nitrogens with one attached hydrogen (secondary N) is 1. The Morgan fingerprint density at radius 1 is 1.20 bits per heavy atom. The lowest BCUT2D eigenvalue weighted by atomic mass is 10.1. The molecule has 1 atom stereocenters. The van der Waals surface area contributed by atoms with Crippen LogP contribution in [0.2, 0.25) is 0 Å². The third kappa shape index (κ3) is 4.64. The number of anilines is 1. The van der Waals surface area contributed by atoms with Crippen molar-refractivity contribution in [1.29, 1.82) is 0 Å². The van der Waals surface area contributed by atoms with Crippen molar-refractivity contribution in [2.24, 2.45) is 0 Å². The fraction of sp³-hybridized carbons (Fsp3) is 0.632. The molecule has 25 heavy (non-hydrogen) atoms. The van der Waals surface area contributed by atoms with E-state index in [9.17, 15) is 4.79 Å². The number of fused-ring (bicyclic) bond motifs is 1. The Morgan fingerprint density at radius 2 is 1.88 bits per heavy atom. The van der Waals surface area contributed by atoms with Crippen LogP contribution in [0, 0.1) is 0 Å². The van der Waals surface area contributed by atoms with Crippen LogP contribution >= 0.6 is 0 Å². The molecule has 1 amide bonds. The average molecular weight is 347 g/mol. The van der Waals surface area contributed by atoms with Gasteiger partial charge in [-0.25, -0.2) is 4.79 Å². The number of morpholine rings is 1. The van der Waals surface area contributed by atoms with Gasteiger partial charge in [-0.2, -0.15) is 0 Å². The summed E-state index contributed by atoms with van der Waals surface area (Å²) in [6, 6.07) is 6.35. The maximum atomic E-state index is 12.3. The van der Waals surface area contributed by atoms with E-state index in [-0.39, 0.29) is 12.3 Å². The molecule has 0 spiro atoms. The Morgan fingerprint density at radius 3 is 2.56 bits per heavy atom. The molecule has 2 heterocycles. The third-order valence-electron chi connectivity index (χ3n) is 4.55. The summed E-state index contributed by atoms with van der Waals surface area (Å²) in [4.78, 5) is 16.4. The highest BCUT2D eigenvalue weighted by Gasteiger charge is 2.28. The molecule has 0 saturated carbocycles. The van der Waals surface area contributed by atoms with Crippen LogP contribution in [0.1, 0.15) is 38.8 Å². The quantitative estimate of drug-likeness (QED) is 0.911. The second-order valence-electron chi connectivity index (χ2n) is 7.79. The van der Waals surface area contributed by atoms with E-state index in [0.29, 0.717) is 13.1 Å². The number of nitrogens with zero attached hydrogens (tertiary/aromatic N) is 2. The zero-order valence-electron chi connectivity index (χ0n) is 15.7. The molecule has 1 aromatic rings. The molecule has 1 N–H and O–H groups in total. The van der Waals surface area contributed by atoms with Crippen LogP contribution in [0.15, 0.2) is 18.2 Å². The van der Waals surface area contributed by atoms with Gasteiger partial charge in [-0.05, 0) is 51.0 Å². The van der Waals surface area contributed by atoms with Crippen molar-refractivity contribution in [3.8, 4) is 0 Å². The summed E-state index contributed by atoms with van der Waals surface area (Å²) < 4.78 is 10.9. The van der Waals surface area contributed by atoms with Gasteiger partial charge in [0.1, 0.15) is 5.60 Å². The van der Waals surface area contributed by atoms with Crippen molar-refractivity contribution in [2.45, 2.75) is 52.6 Å². The fourth-order valence-electron chi connectivity index (χ4n) is 3.24. The van der Waals surface area contributed by atoms with E-state index in [1.807, 2.05) is 20.8 Å². The first-order valence-electron chi connectivity index (χ1n) is 9.00. The molecule has 2 aliphatic heterocycles. The number of benzene rings is 1. The maximum absolute atomic E-state index is 12.3. The van der Waals surface area contributed by atoms with E-state index in [1.165, 1.54) is 11.1 Å². The van der Waals surface area contributed by atoms with E-state index in [4.69, 9.17) is 9.47 Å². The standard InChI is InChI=1S/C19H29N3O3/c1-14(21-7-9-24-10-8-21)20-17-6-5-15-12-22(13-16(15)11-17)18(23)25-19(2,3)4/h5-6,11,14,20H,7-10,12-13H2,1-4H3. The van der Waals surface area contributed by atoms with Gasteiger partial charge in [-0.1, -0.05) is 6.07 Å². The Kier molecular flexibility index (Phi) is 5.20. The number of carbonyl (C=O) groups is 1. The van der Waals surface area contributed by atoms with Crippen molar-refractivity contribution < 1.29 is 14.3 Å². The van der Waals surface area contributed by atoms with Gasteiger partial charge in [0.15, 0.2) is 0 Å². The highest BCUT2D eigenvalue weighted by molar-refractivity contribution is 5.69. The lowest BCUT2D eigenvalue weighted by Gasteiger charge is -2.33. The molecule has 1 unspecified atom stereocenters. The molecule has 3 rings (SSSR count). The smallest absolute Gasteiger partial charge is 0.410 e. The zero-order chi connectivity index (χ0) is 18.0. The summed E-state index contributed by atoms with van der Waals surface area (Å²) in [6.45, 7) is 12.6. The van der Waals surface area contributed by atoms with Crippen LogP contribution in [0.25, 0.3) is 0 Å². The number of amides is 1. The van der Waals surface area contributed by atoms with Crippen molar-refractivity contribution in [1.82, 2.24) is 9.80 Å². The van der Waals surface area contributed by atoms with Crippen molar-refractivity contribution in [2.75, 3.05) is 31.6 Å². The minimum atomic E-state index is -0.466. The molecule has 0 aliphatic carbocycles. The fourth-order valence-corrected chi connectivity index (χ4v) is 3.24. The normalized spacial score (nSPS) is 19.4. The Bertz CT molecular complexity index is 621. The molecule has 0 bridgehead atoms. The largest absolute Gasteiger partial charge is 0.444 e. The summed E-state index contributed by atoms with van der Waals surface area (Å²) >= 11 is 0. The van der Waals surface area contributed by atoms with Crippen molar-refractivity contribution in [3.05, 3.63) is 29.3 Å². The minimum Gasteiger partial charge on any atom is -0.444 e. The van der Waals surface area contributed by atoms with E-state index in [0.717, 1.165) is 32.0 Å². The first-order valence-corrected chi connectivity index (χ1v) is 9.00. The highest BCUT2D eigenvalue weighted by atomic mass is 16.6. The van der Waals surface area contributed by atoms with Gasteiger partial charge in [0, 0.05) is 31.9 Å². The molecular weight excluding hydrogens is 318 g/mol. The minimum absolute atomic E-state index is 0.250. The van der Waals surface area contributed by atoms with Crippen LogP contribution in [0.5, 0.6) is 0 Å². The summed E-state index contributed by atoms with van der Waals surface area (Å²) in [6.07, 6.45) is 0.00482. The molecule has 2 aliphatic rings. The lowest BCUT2D eigenvalue weighted by molar-refractivity contribution is 0.0242. The first kappa shape index (κ1) is 18.0. The van der Waals surface area contributed by atoms with Crippen LogP contribution in [-0.2, 0) is 22.6 Å². The molecule has 1 aromatic carbocycles. The van der Waals surface area contributed by atoms with Crippen LogP contribution in [0.3, 0.4) is 0 Å². The second-order valence-corrected chi connectivity index (χ2v) is 7.79. The van der Waals surface area contributed by atoms with Gasteiger partial charge < -0.3 is 14.8 Å². The predicted molar refractivity (Wildman–Crippen MR) is 97.4 cm³/mol. The molecular formula is C19H29N3O3. The molecule has 1 saturated heterocycles. The monoisotopic (exact) mass is 347 g/mol. The number of hydrogen-bond donors (Lipinski definition) is 1. The van der Waals surface area contributed by atoms with E-state index >= 15 is 0 Å². The molecule has 138 valence electrons.